The third-order valence-corrected chi connectivity index (χ3v) is 2.18. The van der Waals surface area contributed by atoms with Crippen LogP contribution < -0.4 is 10.6 Å². The second kappa shape index (κ2) is 5.11. The molecule has 6 nitrogen and oxygen atoms in total. The number of amides is 2. The summed E-state index contributed by atoms with van der Waals surface area (Å²) in [7, 11) is 0. The summed E-state index contributed by atoms with van der Waals surface area (Å²) < 4.78 is 0. The number of nitrogens with zero attached hydrogens (tertiary/aromatic N) is 2. The van der Waals surface area contributed by atoms with Crippen molar-refractivity contribution in [1.82, 2.24) is 20.5 Å². The molecule has 0 fully saturated rings. The first-order valence-corrected chi connectivity index (χ1v) is 5.20. The fourth-order valence-corrected chi connectivity index (χ4v) is 1.42. The van der Waals surface area contributed by atoms with E-state index in [2.05, 4.69) is 25.8 Å². The summed E-state index contributed by atoms with van der Waals surface area (Å²) in [4.78, 5) is 15.2. The first-order valence-electron chi connectivity index (χ1n) is 5.20. The van der Waals surface area contributed by atoms with Crippen molar-refractivity contribution in [3.05, 3.63) is 41.7 Å². The van der Waals surface area contributed by atoms with Crippen LogP contribution in [0.1, 0.15) is 11.1 Å². The number of carbonyl (C=O) groups excluding carboxylic acids is 1. The first-order chi connectivity index (χ1) is 8.24. The van der Waals surface area contributed by atoms with Gasteiger partial charge in [0.2, 0.25) is 5.95 Å². The molecule has 0 aliphatic rings. The van der Waals surface area contributed by atoms with E-state index in [0.29, 0.717) is 12.5 Å². The average molecular weight is 231 g/mol. The quantitative estimate of drug-likeness (QED) is 0.747. The van der Waals surface area contributed by atoms with Gasteiger partial charge < -0.3 is 5.32 Å². The number of aromatic nitrogens is 3. The number of aromatic amines is 1. The fraction of sp³-hybridized carbons (Fsp3) is 0.182. The van der Waals surface area contributed by atoms with E-state index in [-0.39, 0.29) is 6.03 Å². The largest absolute Gasteiger partial charge is 0.334 e. The van der Waals surface area contributed by atoms with Crippen molar-refractivity contribution in [1.29, 1.82) is 0 Å². The van der Waals surface area contributed by atoms with Crippen LogP contribution in [0.4, 0.5) is 10.7 Å². The molecule has 0 unspecified atom stereocenters. The summed E-state index contributed by atoms with van der Waals surface area (Å²) >= 11 is 0. The molecular weight excluding hydrogens is 218 g/mol. The molecule has 0 aliphatic carbocycles. The van der Waals surface area contributed by atoms with Crippen LogP contribution in [0.5, 0.6) is 0 Å². The summed E-state index contributed by atoms with van der Waals surface area (Å²) in [6.07, 6.45) is 1.33. The SMILES string of the molecule is Cc1cccc(CNC(=O)Nc2ncn[nH]2)c1. The van der Waals surface area contributed by atoms with Crippen molar-refractivity contribution in [2.75, 3.05) is 5.32 Å². The fourth-order valence-electron chi connectivity index (χ4n) is 1.42. The van der Waals surface area contributed by atoms with Gasteiger partial charge in [-0.25, -0.2) is 9.89 Å². The number of nitrogens with one attached hydrogen (secondary N) is 3. The first kappa shape index (κ1) is 11.1. The van der Waals surface area contributed by atoms with E-state index in [9.17, 15) is 4.79 Å². The van der Waals surface area contributed by atoms with Crippen LogP contribution in [-0.4, -0.2) is 21.2 Å². The minimum atomic E-state index is -0.316. The second-order valence-corrected chi connectivity index (χ2v) is 3.63. The molecule has 0 radical (unpaired) electrons. The lowest BCUT2D eigenvalue weighted by atomic mass is 10.1. The van der Waals surface area contributed by atoms with Crippen LogP contribution in [0.2, 0.25) is 0 Å². The minimum Gasteiger partial charge on any atom is -0.334 e. The topological polar surface area (TPSA) is 82.7 Å². The number of urea groups is 1. The number of carbonyl (C=O) groups is 1. The lowest BCUT2D eigenvalue weighted by Gasteiger charge is -2.05. The van der Waals surface area contributed by atoms with E-state index in [1.807, 2.05) is 31.2 Å². The normalized spacial score (nSPS) is 9.94. The molecule has 0 aliphatic heterocycles. The predicted molar refractivity (Wildman–Crippen MR) is 63.4 cm³/mol. The molecule has 17 heavy (non-hydrogen) atoms. The van der Waals surface area contributed by atoms with Crippen molar-refractivity contribution < 1.29 is 4.79 Å². The van der Waals surface area contributed by atoms with Gasteiger partial charge in [0.25, 0.3) is 0 Å². The van der Waals surface area contributed by atoms with E-state index in [4.69, 9.17) is 0 Å². The highest BCUT2D eigenvalue weighted by atomic mass is 16.2. The Morgan fingerprint density at radius 3 is 3.06 bits per heavy atom. The van der Waals surface area contributed by atoms with Gasteiger partial charge in [-0.2, -0.15) is 10.1 Å². The van der Waals surface area contributed by atoms with Gasteiger partial charge in [-0.1, -0.05) is 29.8 Å². The zero-order valence-corrected chi connectivity index (χ0v) is 9.40. The van der Waals surface area contributed by atoms with Crippen LogP contribution in [-0.2, 0) is 6.54 Å². The highest BCUT2D eigenvalue weighted by Crippen LogP contribution is 2.03. The van der Waals surface area contributed by atoms with Gasteiger partial charge in [0.1, 0.15) is 6.33 Å². The van der Waals surface area contributed by atoms with Crippen molar-refractivity contribution in [2.24, 2.45) is 0 Å². The Morgan fingerprint density at radius 2 is 2.35 bits per heavy atom. The van der Waals surface area contributed by atoms with Gasteiger partial charge in [-0.15, -0.1) is 0 Å². The molecule has 0 spiro atoms. The van der Waals surface area contributed by atoms with Gasteiger partial charge >= 0.3 is 6.03 Å². The number of rotatable bonds is 3. The van der Waals surface area contributed by atoms with E-state index >= 15 is 0 Å². The molecule has 0 bridgehead atoms. The Bertz CT molecular complexity index is 494. The molecule has 2 rings (SSSR count). The Labute approximate surface area is 98.5 Å². The zero-order valence-electron chi connectivity index (χ0n) is 9.40. The second-order valence-electron chi connectivity index (χ2n) is 3.63. The van der Waals surface area contributed by atoms with Crippen LogP contribution in [0.15, 0.2) is 30.6 Å². The summed E-state index contributed by atoms with van der Waals surface area (Å²) in [6, 6.07) is 7.64. The van der Waals surface area contributed by atoms with Gasteiger partial charge in [0.05, 0.1) is 0 Å². The molecule has 1 aromatic heterocycles. The molecule has 6 heteroatoms. The maximum atomic E-state index is 11.5. The molecule has 0 saturated carbocycles. The van der Waals surface area contributed by atoms with E-state index in [0.717, 1.165) is 5.56 Å². The maximum Gasteiger partial charge on any atom is 0.321 e. The lowest BCUT2D eigenvalue weighted by Crippen LogP contribution is -2.28. The smallest absolute Gasteiger partial charge is 0.321 e. The van der Waals surface area contributed by atoms with Gasteiger partial charge in [0, 0.05) is 6.54 Å². The number of benzene rings is 1. The molecule has 2 aromatic rings. The van der Waals surface area contributed by atoms with E-state index in [1.165, 1.54) is 11.9 Å². The Kier molecular flexibility index (Phi) is 3.34. The Hall–Kier alpha value is -2.37. The molecule has 88 valence electrons. The van der Waals surface area contributed by atoms with Crippen molar-refractivity contribution in [2.45, 2.75) is 13.5 Å². The van der Waals surface area contributed by atoms with Crippen LogP contribution in [0.25, 0.3) is 0 Å². The maximum absolute atomic E-state index is 11.5. The number of anilines is 1. The molecular formula is C11H13N5O. The highest BCUT2D eigenvalue weighted by Gasteiger charge is 2.02. The standard InChI is InChI=1S/C11H13N5O/c1-8-3-2-4-9(5-8)6-12-11(17)15-10-13-7-14-16-10/h2-5,7H,6H2,1H3,(H3,12,13,14,15,16,17). The molecule has 1 aromatic carbocycles. The van der Waals surface area contributed by atoms with Gasteiger partial charge in [0.15, 0.2) is 0 Å². The van der Waals surface area contributed by atoms with Crippen molar-refractivity contribution >= 4 is 12.0 Å². The van der Waals surface area contributed by atoms with E-state index < -0.39 is 0 Å². The molecule has 0 saturated heterocycles. The number of aryl methyl sites for hydroxylation is 1. The summed E-state index contributed by atoms with van der Waals surface area (Å²) in [5.74, 6) is 0.326. The molecule has 0 atom stereocenters. The highest BCUT2D eigenvalue weighted by molar-refractivity contribution is 5.87. The third-order valence-electron chi connectivity index (χ3n) is 2.18. The number of hydrogen-bond acceptors (Lipinski definition) is 3. The average Bonchev–Trinajstić information content (AvgIpc) is 2.79. The van der Waals surface area contributed by atoms with E-state index in [1.54, 1.807) is 0 Å². The van der Waals surface area contributed by atoms with Crippen LogP contribution in [0.3, 0.4) is 0 Å². The van der Waals surface area contributed by atoms with Gasteiger partial charge in [-0.3, -0.25) is 5.32 Å². The van der Waals surface area contributed by atoms with Crippen LogP contribution >= 0.6 is 0 Å². The predicted octanol–water partition coefficient (Wildman–Crippen LogP) is 1.43. The third kappa shape index (κ3) is 3.30. The van der Waals surface area contributed by atoms with Crippen LogP contribution in [0, 0.1) is 6.92 Å². The van der Waals surface area contributed by atoms with Crippen molar-refractivity contribution in [3.8, 4) is 0 Å². The molecule has 2 amide bonds. The Balaban J connectivity index is 1.84. The zero-order chi connectivity index (χ0) is 12.1. The summed E-state index contributed by atoms with van der Waals surface area (Å²) in [6.45, 7) is 2.49. The number of H-pyrrole nitrogens is 1. The lowest BCUT2D eigenvalue weighted by molar-refractivity contribution is 0.251. The minimum absolute atomic E-state index is 0.316. The summed E-state index contributed by atoms with van der Waals surface area (Å²) in [5.41, 5.74) is 2.22. The molecule has 1 heterocycles. The monoisotopic (exact) mass is 231 g/mol. The van der Waals surface area contributed by atoms with Crippen molar-refractivity contribution in [3.63, 3.8) is 0 Å². The van der Waals surface area contributed by atoms with Gasteiger partial charge in [-0.05, 0) is 12.5 Å². The Morgan fingerprint density at radius 1 is 1.47 bits per heavy atom. The molecule has 3 N–H and O–H groups in total. The summed E-state index contributed by atoms with van der Waals surface area (Å²) in [5, 5.41) is 11.4. The number of hydrogen-bond donors (Lipinski definition) is 3.